The summed E-state index contributed by atoms with van der Waals surface area (Å²) in [6.07, 6.45) is 1.75. The van der Waals surface area contributed by atoms with Crippen LogP contribution in [0.3, 0.4) is 0 Å². The van der Waals surface area contributed by atoms with E-state index in [4.69, 9.17) is 5.26 Å². The number of H-pyrrole nitrogens is 1. The molecule has 4 rings (SSSR count). The Kier molecular flexibility index (Phi) is 4.11. The standard InChI is InChI=1S/C20H14N4O2S/c21-13-14-1-3-15(4-2-14)16-5-8-18(9-6-16)27(25,26)24-19-10-7-17-11-12-22-20(17)23-19/h1-12H,(H2,22,23,24). The number of aromatic amines is 1. The van der Waals surface area contributed by atoms with Crippen LogP contribution in [0.5, 0.6) is 0 Å². The molecule has 0 aliphatic heterocycles. The molecule has 0 aliphatic carbocycles. The summed E-state index contributed by atoms with van der Waals surface area (Å²) in [5, 5.41) is 9.77. The van der Waals surface area contributed by atoms with E-state index in [0.29, 0.717) is 11.2 Å². The van der Waals surface area contributed by atoms with Crippen LogP contribution in [0.2, 0.25) is 0 Å². The van der Waals surface area contributed by atoms with Gasteiger partial charge < -0.3 is 4.98 Å². The minimum Gasteiger partial charge on any atom is -0.346 e. The smallest absolute Gasteiger partial charge is 0.263 e. The lowest BCUT2D eigenvalue weighted by molar-refractivity contribution is 0.601. The second-order valence-electron chi connectivity index (χ2n) is 5.93. The fourth-order valence-corrected chi connectivity index (χ4v) is 3.75. The number of sulfonamides is 1. The molecule has 0 aliphatic rings. The average molecular weight is 374 g/mol. The molecule has 0 saturated carbocycles. The number of fused-ring (bicyclic) bond motifs is 1. The second kappa shape index (κ2) is 6.59. The number of rotatable bonds is 4. The molecule has 0 amide bonds. The summed E-state index contributed by atoms with van der Waals surface area (Å²) in [6.45, 7) is 0. The highest BCUT2D eigenvalue weighted by Gasteiger charge is 2.15. The van der Waals surface area contributed by atoms with Crippen molar-refractivity contribution in [2.45, 2.75) is 4.90 Å². The van der Waals surface area contributed by atoms with Crippen molar-refractivity contribution in [3.8, 4) is 17.2 Å². The van der Waals surface area contributed by atoms with Crippen LogP contribution in [0.15, 0.2) is 77.8 Å². The van der Waals surface area contributed by atoms with Gasteiger partial charge in [-0.05, 0) is 53.6 Å². The minimum absolute atomic E-state index is 0.147. The van der Waals surface area contributed by atoms with Crippen molar-refractivity contribution in [2.24, 2.45) is 0 Å². The number of pyridine rings is 1. The molecule has 0 spiro atoms. The van der Waals surface area contributed by atoms with Crippen LogP contribution in [0.1, 0.15) is 5.56 Å². The molecule has 0 radical (unpaired) electrons. The number of nitrogens with one attached hydrogen (secondary N) is 2. The highest BCUT2D eigenvalue weighted by molar-refractivity contribution is 7.92. The van der Waals surface area contributed by atoms with Crippen molar-refractivity contribution >= 4 is 26.9 Å². The van der Waals surface area contributed by atoms with Gasteiger partial charge in [-0.2, -0.15) is 5.26 Å². The predicted octanol–water partition coefficient (Wildman–Crippen LogP) is 3.90. The molecule has 4 aromatic rings. The monoisotopic (exact) mass is 374 g/mol. The third-order valence-corrected chi connectivity index (χ3v) is 5.53. The molecular formula is C20H14N4O2S. The van der Waals surface area contributed by atoms with Crippen molar-refractivity contribution in [3.05, 3.63) is 78.5 Å². The van der Waals surface area contributed by atoms with Crippen LogP contribution in [0, 0.1) is 11.3 Å². The van der Waals surface area contributed by atoms with E-state index in [1.165, 1.54) is 0 Å². The van der Waals surface area contributed by atoms with Gasteiger partial charge in [0.2, 0.25) is 0 Å². The maximum atomic E-state index is 12.6. The molecule has 2 heterocycles. The molecule has 0 atom stereocenters. The van der Waals surface area contributed by atoms with Gasteiger partial charge in [0.05, 0.1) is 16.5 Å². The van der Waals surface area contributed by atoms with Crippen LogP contribution >= 0.6 is 0 Å². The van der Waals surface area contributed by atoms with Gasteiger partial charge in [-0.1, -0.05) is 24.3 Å². The average Bonchev–Trinajstić information content (AvgIpc) is 3.16. The number of hydrogen-bond donors (Lipinski definition) is 2. The summed E-state index contributed by atoms with van der Waals surface area (Å²) in [4.78, 5) is 7.35. The number of aromatic nitrogens is 2. The lowest BCUT2D eigenvalue weighted by Crippen LogP contribution is -2.13. The van der Waals surface area contributed by atoms with E-state index in [1.807, 2.05) is 18.2 Å². The van der Waals surface area contributed by atoms with E-state index in [-0.39, 0.29) is 10.7 Å². The fourth-order valence-electron chi connectivity index (χ4n) is 2.75. The molecule has 132 valence electrons. The Labute approximate surface area is 156 Å². The fraction of sp³-hybridized carbons (Fsp3) is 0. The summed E-state index contributed by atoms with van der Waals surface area (Å²) >= 11 is 0. The number of anilines is 1. The van der Waals surface area contributed by atoms with Crippen molar-refractivity contribution in [3.63, 3.8) is 0 Å². The number of benzene rings is 2. The zero-order valence-corrected chi connectivity index (χ0v) is 14.9. The zero-order valence-electron chi connectivity index (χ0n) is 14.0. The molecule has 27 heavy (non-hydrogen) atoms. The Morgan fingerprint density at radius 3 is 2.22 bits per heavy atom. The van der Waals surface area contributed by atoms with Crippen molar-refractivity contribution in [1.82, 2.24) is 9.97 Å². The number of nitrogens with zero attached hydrogens (tertiary/aromatic N) is 2. The first-order valence-corrected chi connectivity index (χ1v) is 9.61. The number of nitriles is 1. The SMILES string of the molecule is N#Cc1ccc(-c2ccc(S(=O)(=O)Nc3ccc4cc[nH]c4n3)cc2)cc1. The lowest BCUT2D eigenvalue weighted by atomic mass is 10.0. The maximum absolute atomic E-state index is 12.6. The summed E-state index contributed by atoms with van der Waals surface area (Å²) in [6, 6.07) is 21.0. The van der Waals surface area contributed by atoms with Gasteiger partial charge in [-0.15, -0.1) is 0 Å². The van der Waals surface area contributed by atoms with E-state index in [9.17, 15) is 8.42 Å². The van der Waals surface area contributed by atoms with Crippen LogP contribution < -0.4 is 4.72 Å². The predicted molar refractivity (Wildman–Crippen MR) is 103 cm³/mol. The Bertz CT molecular complexity index is 1250. The lowest BCUT2D eigenvalue weighted by Gasteiger charge is -2.08. The molecule has 0 saturated heterocycles. The quantitative estimate of drug-likeness (QED) is 0.566. The van der Waals surface area contributed by atoms with E-state index < -0.39 is 10.0 Å². The summed E-state index contributed by atoms with van der Waals surface area (Å²) in [7, 11) is -3.74. The zero-order chi connectivity index (χ0) is 18.9. The first-order chi connectivity index (χ1) is 13.0. The third-order valence-electron chi connectivity index (χ3n) is 4.16. The highest BCUT2D eigenvalue weighted by atomic mass is 32.2. The van der Waals surface area contributed by atoms with Gasteiger partial charge in [0.25, 0.3) is 10.0 Å². The third kappa shape index (κ3) is 3.38. The highest BCUT2D eigenvalue weighted by Crippen LogP contribution is 2.23. The minimum atomic E-state index is -3.74. The first-order valence-electron chi connectivity index (χ1n) is 8.13. The summed E-state index contributed by atoms with van der Waals surface area (Å²) < 4.78 is 27.7. The summed E-state index contributed by atoms with van der Waals surface area (Å²) in [5.41, 5.74) is 2.97. The van der Waals surface area contributed by atoms with Gasteiger partial charge in [-0.3, -0.25) is 4.72 Å². The van der Waals surface area contributed by atoms with Gasteiger partial charge in [0, 0.05) is 11.6 Å². The van der Waals surface area contributed by atoms with Crippen molar-refractivity contribution < 1.29 is 8.42 Å². The largest absolute Gasteiger partial charge is 0.346 e. The normalized spacial score (nSPS) is 11.2. The maximum Gasteiger partial charge on any atom is 0.263 e. The van der Waals surface area contributed by atoms with E-state index >= 15 is 0 Å². The van der Waals surface area contributed by atoms with Crippen LogP contribution in [0.4, 0.5) is 5.82 Å². The Morgan fingerprint density at radius 1 is 0.889 bits per heavy atom. The Morgan fingerprint density at radius 2 is 1.56 bits per heavy atom. The van der Waals surface area contributed by atoms with Crippen molar-refractivity contribution in [1.29, 1.82) is 5.26 Å². The van der Waals surface area contributed by atoms with Gasteiger partial charge in [-0.25, -0.2) is 13.4 Å². The van der Waals surface area contributed by atoms with Gasteiger partial charge in [0.15, 0.2) is 0 Å². The van der Waals surface area contributed by atoms with Crippen LogP contribution in [0.25, 0.3) is 22.2 Å². The molecular weight excluding hydrogens is 360 g/mol. The number of hydrogen-bond acceptors (Lipinski definition) is 4. The van der Waals surface area contributed by atoms with E-state index in [2.05, 4.69) is 20.8 Å². The summed E-state index contributed by atoms with van der Waals surface area (Å²) in [5.74, 6) is 0.251. The van der Waals surface area contributed by atoms with Gasteiger partial charge in [0.1, 0.15) is 11.5 Å². The first kappa shape index (κ1) is 16.8. The van der Waals surface area contributed by atoms with Crippen LogP contribution in [-0.4, -0.2) is 18.4 Å². The molecule has 0 unspecified atom stereocenters. The molecule has 2 aromatic carbocycles. The van der Waals surface area contributed by atoms with Gasteiger partial charge >= 0.3 is 0 Å². The Hall–Kier alpha value is -3.63. The van der Waals surface area contributed by atoms with E-state index in [1.54, 1.807) is 54.7 Å². The van der Waals surface area contributed by atoms with Crippen LogP contribution in [-0.2, 0) is 10.0 Å². The van der Waals surface area contributed by atoms with E-state index in [0.717, 1.165) is 16.5 Å². The second-order valence-corrected chi connectivity index (χ2v) is 7.61. The molecule has 2 aromatic heterocycles. The molecule has 2 N–H and O–H groups in total. The molecule has 6 nitrogen and oxygen atoms in total. The molecule has 0 fully saturated rings. The van der Waals surface area contributed by atoms with Crippen molar-refractivity contribution in [2.75, 3.05) is 4.72 Å². The Balaban J connectivity index is 1.58. The molecule has 7 heteroatoms. The topological polar surface area (TPSA) is 98.6 Å². The molecule has 0 bridgehead atoms.